The minimum absolute atomic E-state index is 0.203. The summed E-state index contributed by atoms with van der Waals surface area (Å²) in [6, 6.07) is 6.67. The van der Waals surface area contributed by atoms with E-state index < -0.39 is 0 Å². The van der Waals surface area contributed by atoms with Gasteiger partial charge in [-0.3, -0.25) is 9.69 Å². The summed E-state index contributed by atoms with van der Waals surface area (Å²) in [5.41, 5.74) is 1.25. The first-order valence-electron chi connectivity index (χ1n) is 8.84. The van der Waals surface area contributed by atoms with Crippen molar-refractivity contribution in [2.24, 2.45) is 0 Å². The third-order valence-corrected chi connectivity index (χ3v) is 5.52. The van der Waals surface area contributed by atoms with Gasteiger partial charge >= 0.3 is 0 Å². The predicted molar refractivity (Wildman–Crippen MR) is 93.8 cm³/mol. The maximum Gasteiger partial charge on any atom is 0.219 e. The summed E-state index contributed by atoms with van der Waals surface area (Å²) < 4.78 is 10.9. The van der Waals surface area contributed by atoms with Gasteiger partial charge in [0.25, 0.3) is 0 Å². The van der Waals surface area contributed by atoms with Gasteiger partial charge in [0.15, 0.2) is 0 Å². The fourth-order valence-electron chi connectivity index (χ4n) is 4.08. The number of methoxy groups -OCH3 is 2. The largest absolute Gasteiger partial charge is 0.497 e. The van der Waals surface area contributed by atoms with Crippen molar-refractivity contribution in [1.29, 1.82) is 0 Å². The molecule has 3 rings (SSSR count). The van der Waals surface area contributed by atoms with Gasteiger partial charge in [0.2, 0.25) is 5.91 Å². The van der Waals surface area contributed by atoms with Crippen LogP contribution in [0.5, 0.6) is 11.5 Å². The van der Waals surface area contributed by atoms with Crippen LogP contribution >= 0.6 is 0 Å². The molecule has 0 bridgehead atoms. The Balaban J connectivity index is 1.65. The number of rotatable bonds is 4. The van der Waals surface area contributed by atoms with Crippen LogP contribution in [-0.4, -0.2) is 62.1 Å². The number of carbonyl (C=O) groups excluding carboxylic acids is 1. The van der Waals surface area contributed by atoms with E-state index in [4.69, 9.17) is 9.47 Å². The summed E-state index contributed by atoms with van der Waals surface area (Å²) >= 11 is 0. The van der Waals surface area contributed by atoms with E-state index in [1.807, 2.05) is 17.0 Å². The second-order valence-electron chi connectivity index (χ2n) is 6.83. The number of ether oxygens (including phenoxy) is 2. The Morgan fingerprint density at radius 3 is 2.46 bits per heavy atom. The Hall–Kier alpha value is -1.75. The van der Waals surface area contributed by atoms with Crippen molar-refractivity contribution in [1.82, 2.24) is 9.80 Å². The Kier molecular flexibility index (Phi) is 5.29. The summed E-state index contributed by atoms with van der Waals surface area (Å²) in [6.07, 6.45) is 3.32. The van der Waals surface area contributed by atoms with E-state index in [-0.39, 0.29) is 5.91 Å². The molecule has 0 spiro atoms. The summed E-state index contributed by atoms with van der Waals surface area (Å²) in [5.74, 6) is 2.53. The number of likely N-dealkylation sites (tertiary alicyclic amines) is 2. The molecule has 1 aromatic rings. The van der Waals surface area contributed by atoms with Crippen LogP contribution in [0.15, 0.2) is 18.2 Å². The highest BCUT2D eigenvalue weighted by Crippen LogP contribution is 2.37. The molecule has 2 fully saturated rings. The number of benzene rings is 1. The van der Waals surface area contributed by atoms with Crippen LogP contribution in [0.1, 0.15) is 37.7 Å². The lowest BCUT2D eigenvalue weighted by atomic mass is 9.97. The van der Waals surface area contributed by atoms with Crippen molar-refractivity contribution in [3.63, 3.8) is 0 Å². The van der Waals surface area contributed by atoms with Crippen molar-refractivity contribution in [3.05, 3.63) is 23.8 Å². The molecule has 132 valence electrons. The summed E-state index contributed by atoms with van der Waals surface area (Å²) in [5, 5.41) is 0. The van der Waals surface area contributed by atoms with Crippen molar-refractivity contribution < 1.29 is 14.3 Å². The molecule has 1 amide bonds. The quantitative estimate of drug-likeness (QED) is 0.850. The molecule has 24 heavy (non-hydrogen) atoms. The minimum Gasteiger partial charge on any atom is -0.497 e. The zero-order chi connectivity index (χ0) is 17.1. The molecule has 1 unspecified atom stereocenters. The maximum atomic E-state index is 11.5. The second-order valence-corrected chi connectivity index (χ2v) is 6.83. The van der Waals surface area contributed by atoms with E-state index in [1.165, 1.54) is 5.56 Å². The Morgan fingerprint density at radius 2 is 1.83 bits per heavy atom. The van der Waals surface area contributed by atoms with Crippen LogP contribution in [0.3, 0.4) is 0 Å². The van der Waals surface area contributed by atoms with Crippen molar-refractivity contribution in [2.45, 2.75) is 38.1 Å². The number of nitrogens with zero attached hydrogens (tertiary/aromatic N) is 2. The van der Waals surface area contributed by atoms with E-state index in [1.54, 1.807) is 21.1 Å². The van der Waals surface area contributed by atoms with Gasteiger partial charge in [-0.1, -0.05) is 0 Å². The van der Waals surface area contributed by atoms with E-state index >= 15 is 0 Å². The van der Waals surface area contributed by atoms with E-state index in [2.05, 4.69) is 11.0 Å². The van der Waals surface area contributed by atoms with Gasteiger partial charge in [0.1, 0.15) is 11.5 Å². The van der Waals surface area contributed by atoms with Gasteiger partial charge < -0.3 is 14.4 Å². The average molecular weight is 332 g/mol. The van der Waals surface area contributed by atoms with Crippen LogP contribution in [0.4, 0.5) is 0 Å². The van der Waals surface area contributed by atoms with Crippen LogP contribution in [0, 0.1) is 0 Å². The highest BCUT2D eigenvalue weighted by Gasteiger charge is 2.33. The molecule has 0 aliphatic carbocycles. The van der Waals surface area contributed by atoms with Crippen LogP contribution < -0.4 is 9.47 Å². The fourth-order valence-corrected chi connectivity index (χ4v) is 4.08. The molecule has 1 atom stereocenters. The van der Waals surface area contributed by atoms with Gasteiger partial charge in [0, 0.05) is 44.1 Å². The first-order chi connectivity index (χ1) is 11.6. The summed E-state index contributed by atoms with van der Waals surface area (Å²) in [4.78, 5) is 16.0. The molecule has 2 saturated heterocycles. The van der Waals surface area contributed by atoms with Gasteiger partial charge in [0.05, 0.1) is 14.2 Å². The monoisotopic (exact) mass is 332 g/mol. The van der Waals surface area contributed by atoms with Crippen LogP contribution in [0.2, 0.25) is 0 Å². The number of piperidine rings is 1. The van der Waals surface area contributed by atoms with Gasteiger partial charge in [-0.15, -0.1) is 0 Å². The average Bonchev–Trinajstić information content (AvgIpc) is 3.11. The number of hydrogen-bond donors (Lipinski definition) is 0. The molecule has 0 radical (unpaired) electrons. The zero-order valence-electron chi connectivity index (χ0n) is 15.0. The fraction of sp³-hybridized carbons (Fsp3) is 0.632. The molecule has 0 N–H and O–H groups in total. The highest BCUT2D eigenvalue weighted by atomic mass is 16.5. The molecule has 1 aromatic carbocycles. The Labute approximate surface area is 144 Å². The maximum absolute atomic E-state index is 11.5. The Bertz CT molecular complexity index is 582. The lowest BCUT2D eigenvalue weighted by molar-refractivity contribution is -0.130. The topological polar surface area (TPSA) is 42.0 Å². The molecule has 2 aliphatic rings. The lowest BCUT2D eigenvalue weighted by Gasteiger charge is -2.36. The second kappa shape index (κ2) is 7.43. The van der Waals surface area contributed by atoms with Crippen molar-refractivity contribution in [3.8, 4) is 11.5 Å². The molecule has 2 aliphatic heterocycles. The van der Waals surface area contributed by atoms with E-state index in [0.717, 1.165) is 56.9 Å². The van der Waals surface area contributed by atoms with Gasteiger partial charge in [-0.05, 0) is 44.0 Å². The lowest BCUT2D eigenvalue weighted by Crippen LogP contribution is -2.45. The number of hydrogen-bond acceptors (Lipinski definition) is 4. The molecular formula is C19H28N2O3. The number of carbonyl (C=O) groups is 1. The molecule has 5 heteroatoms. The van der Waals surface area contributed by atoms with Gasteiger partial charge in [-0.25, -0.2) is 0 Å². The minimum atomic E-state index is 0.203. The standard InChI is InChI=1S/C19H28N2O3/c1-14(22)20-10-7-16(8-11-20)21-9-6-15(13-21)18-12-17(23-2)4-5-19(18)24-3/h4-5,12,15-16H,6-11,13H2,1-3H3. The molecule has 0 aromatic heterocycles. The third-order valence-electron chi connectivity index (χ3n) is 5.52. The molecular weight excluding hydrogens is 304 g/mol. The first-order valence-corrected chi connectivity index (χ1v) is 8.84. The third kappa shape index (κ3) is 3.51. The van der Waals surface area contributed by atoms with Crippen LogP contribution in [0.25, 0.3) is 0 Å². The predicted octanol–water partition coefficient (Wildman–Crippen LogP) is 2.50. The van der Waals surface area contributed by atoms with Crippen molar-refractivity contribution >= 4 is 5.91 Å². The highest BCUT2D eigenvalue weighted by molar-refractivity contribution is 5.73. The van der Waals surface area contributed by atoms with Crippen LogP contribution in [-0.2, 0) is 4.79 Å². The first kappa shape index (κ1) is 17.1. The molecule has 2 heterocycles. The van der Waals surface area contributed by atoms with Gasteiger partial charge in [-0.2, -0.15) is 0 Å². The number of amides is 1. The van der Waals surface area contributed by atoms with E-state index in [9.17, 15) is 4.79 Å². The Morgan fingerprint density at radius 1 is 1.08 bits per heavy atom. The SMILES string of the molecule is COc1ccc(OC)c(C2CCN(C3CCN(C(C)=O)CC3)C2)c1. The smallest absolute Gasteiger partial charge is 0.219 e. The zero-order valence-corrected chi connectivity index (χ0v) is 15.0. The van der Waals surface area contributed by atoms with Crippen molar-refractivity contribution in [2.75, 3.05) is 40.4 Å². The normalized spacial score (nSPS) is 22.6. The van der Waals surface area contributed by atoms with E-state index in [0.29, 0.717) is 12.0 Å². The summed E-state index contributed by atoms with van der Waals surface area (Å²) in [6.45, 7) is 5.64. The molecule has 5 nitrogen and oxygen atoms in total. The molecule has 0 saturated carbocycles. The summed E-state index contributed by atoms with van der Waals surface area (Å²) in [7, 11) is 3.44.